The van der Waals surface area contributed by atoms with E-state index >= 15 is 0 Å². The highest BCUT2D eigenvalue weighted by atomic mass is 32.2. The number of benzene rings is 4. The standard InChI is InChI=1S/C53H55N9O8S3/c1-51(2,3)69-48(66)52(4,5)70-60-41(38-31-72-49(56-38)59-53(34-17-11-8-12-18-34,35-19-13-9-14-20-35)36-21-15-10-16-22-36)44(63)58-42-45(64)62-43(47(65)68-28-32-23-25-37(67-7)26-24-32)33(29-71-46(42)62)30-73-50-57-39(54)27-40(55)61(50)6/h8-27,31,42,46H,28-30H2,1-7H3,(H5,54,55,56,58,59,63)/p+1/b60-41-. The lowest BCUT2D eigenvalue weighted by molar-refractivity contribution is -0.698. The fourth-order valence-corrected chi connectivity index (χ4v) is 11.2. The van der Waals surface area contributed by atoms with E-state index in [-0.39, 0.29) is 35.3 Å². The highest BCUT2D eigenvalue weighted by Crippen LogP contribution is 2.43. The van der Waals surface area contributed by atoms with Crippen molar-refractivity contribution in [3.05, 3.63) is 166 Å². The number of fused-ring (bicyclic) bond motifs is 1. The number of amides is 2. The van der Waals surface area contributed by atoms with Gasteiger partial charge in [-0.15, -0.1) is 23.1 Å². The Bertz CT molecular complexity index is 2960. The zero-order chi connectivity index (χ0) is 52.1. The van der Waals surface area contributed by atoms with E-state index in [4.69, 9.17) is 35.5 Å². The summed E-state index contributed by atoms with van der Waals surface area (Å²) in [5.74, 6) is -1.03. The fourth-order valence-electron chi connectivity index (χ4n) is 7.97. The number of nitrogens with two attached hydrogens (primary N) is 2. The van der Waals surface area contributed by atoms with Crippen molar-refractivity contribution in [1.82, 2.24) is 20.2 Å². The number of nitrogens with zero attached hydrogens (tertiary/aromatic N) is 5. The number of nitrogens with one attached hydrogen (secondary N) is 2. The summed E-state index contributed by atoms with van der Waals surface area (Å²) in [4.78, 5) is 73.4. The van der Waals surface area contributed by atoms with Crippen molar-refractivity contribution in [1.29, 1.82) is 0 Å². The molecule has 0 saturated carbocycles. The molecule has 0 spiro atoms. The average molecular weight is 1040 g/mol. The first-order valence-corrected chi connectivity index (χ1v) is 26.0. The molecule has 6 aromatic rings. The lowest BCUT2D eigenvalue weighted by Gasteiger charge is -2.49. The number of carbonyl (C=O) groups excluding carboxylic acids is 4. The number of nitrogen functional groups attached to an aromatic ring is 2. The third-order valence-electron chi connectivity index (χ3n) is 11.8. The number of thiazole rings is 1. The van der Waals surface area contributed by atoms with Crippen LogP contribution in [-0.2, 0) is 52.7 Å². The second kappa shape index (κ2) is 21.7. The molecule has 4 aromatic carbocycles. The predicted molar refractivity (Wildman–Crippen MR) is 282 cm³/mol. The second-order valence-corrected chi connectivity index (χ2v) is 21.4. The topological polar surface area (TPSA) is 227 Å². The number of rotatable bonds is 18. The van der Waals surface area contributed by atoms with Crippen LogP contribution in [0, 0.1) is 0 Å². The summed E-state index contributed by atoms with van der Waals surface area (Å²) in [6, 6.07) is 37.4. The first kappa shape index (κ1) is 51.9. The van der Waals surface area contributed by atoms with Crippen LogP contribution >= 0.6 is 34.9 Å². The smallest absolute Gasteiger partial charge is 0.355 e. The maximum Gasteiger partial charge on any atom is 0.355 e. The molecule has 17 nitrogen and oxygen atoms in total. The minimum absolute atomic E-state index is 0.0603. The van der Waals surface area contributed by atoms with Gasteiger partial charge in [-0.1, -0.05) is 113 Å². The lowest BCUT2D eigenvalue weighted by atomic mass is 9.77. The largest absolute Gasteiger partial charge is 0.497 e. The van der Waals surface area contributed by atoms with Crippen LogP contribution in [0.25, 0.3) is 0 Å². The van der Waals surface area contributed by atoms with Crippen LogP contribution in [0.2, 0.25) is 0 Å². The molecule has 20 heteroatoms. The highest BCUT2D eigenvalue weighted by molar-refractivity contribution is 8.01. The minimum Gasteiger partial charge on any atom is -0.497 e. The summed E-state index contributed by atoms with van der Waals surface area (Å²) in [5.41, 5.74) is 12.7. The van der Waals surface area contributed by atoms with E-state index in [2.05, 4.69) is 20.8 Å². The van der Waals surface area contributed by atoms with Crippen molar-refractivity contribution in [2.24, 2.45) is 12.2 Å². The molecule has 73 heavy (non-hydrogen) atoms. The summed E-state index contributed by atoms with van der Waals surface area (Å²) >= 11 is 3.89. The van der Waals surface area contributed by atoms with Gasteiger partial charge >= 0.3 is 17.1 Å². The molecule has 2 atom stereocenters. The molecule has 2 aromatic heterocycles. The Labute approximate surface area is 435 Å². The van der Waals surface area contributed by atoms with E-state index in [0.29, 0.717) is 38.7 Å². The molecule has 2 aliphatic rings. The molecule has 6 N–H and O–H groups in total. The first-order valence-electron chi connectivity index (χ1n) is 23.1. The van der Waals surface area contributed by atoms with Crippen LogP contribution in [0.1, 0.15) is 62.6 Å². The molecule has 0 radical (unpaired) electrons. The van der Waals surface area contributed by atoms with Crippen molar-refractivity contribution in [2.75, 3.05) is 35.4 Å². The van der Waals surface area contributed by atoms with Gasteiger partial charge in [0.1, 0.15) is 46.3 Å². The van der Waals surface area contributed by atoms with Gasteiger partial charge in [0.2, 0.25) is 17.2 Å². The van der Waals surface area contributed by atoms with E-state index in [1.807, 2.05) is 91.0 Å². The van der Waals surface area contributed by atoms with Crippen LogP contribution < -0.4 is 31.4 Å². The Morgan fingerprint density at radius 1 is 0.877 bits per heavy atom. The van der Waals surface area contributed by atoms with Crippen LogP contribution in [0.4, 0.5) is 16.8 Å². The van der Waals surface area contributed by atoms with Crippen molar-refractivity contribution in [2.45, 2.75) is 74.5 Å². The third kappa shape index (κ3) is 11.5. The molecular weight excluding hydrogens is 987 g/mol. The number of hydrogen-bond acceptors (Lipinski definition) is 17. The Morgan fingerprint density at radius 3 is 2.05 bits per heavy atom. The van der Waals surface area contributed by atoms with Crippen molar-refractivity contribution < 1.29 is 42.8 Å². The predicted octanol–water partition coefficient (Wildman–Crippen LogP) is 6.97. The number of β-lactam (4-membered cyclic amide) rings is 1. The molecular formula is C53H56N9O8S3+. The Balaban J connectivity index is 1.11. The zero-order valence-corrected chi connectivity index (χ0v) is 43.7. The van der Waals surface area contributed by atoms with Gasteiger partial charge in [0.25, 0.3) is 11.8 Å². The summed E-state index contributed by atoms with van der Waals surface area (Å²) < 4.78 is 18.4. The Hall–Kier alpha value is -7.42. The van der Waals surface area contributed by atoms with Crippen LogP contribution in [0.15, 0.2) is 148 Å². The molecule has 2 aliphatic heterocycles. The molecule has 378 valence electrons. The monoisotopic (exact) mass is 1040 g/mol. The quantitative estimate of drug-likeness (QED) is 0.00997. The SMILES string of the molecule is COc1ccc(COC(=O)C2=C(CSc3nc(N)cc(N)[n+]3C)CSC3C(NC(=O)/C(=N\OC(C)(C)C(=O)OC(C)(C)C)c4csc(NC(c5ccccc5)(c5ccccc5)c5ccccc5)n4)C(=O)N23)cc1. The first-order chi connectivity index (χ1) is 34.9. The summed E-state index contributed by atoms with van der Waals surface area (Å²) in [7, 11) is 3.31. The molecule has 0 aliphatic carbocycles. The van der Waals surface area contributed by atoms with E-state index in [1.54, 1.807) is 75.2 Å². The number of esters is 2. The lowest BCUT2D eigenvalue weighted by Crippen LogP contribution is -2.71. The number of oxime groups is 1. The van der Waals surface area contributed by atoms with Gasteiger partial charge in [-0.2, -0.15) is 0 Å². The Kier molecular flexibility index (Phi) is 15.5. The number of carbonyl (C=O) groups is 4. The molecule has 2 amide bonds. The van der Waals surface area contributed by atoms with Gasteiger partial charge in [-0.3, -0.25) is 14.5 Å². The Morgan fingerprint density at radius 2 is 1.48 bits per heavy atom. The summed E-state index contributed by atoms with van der Waals surface area (Å²) in [5, 5.41) is 12.7. The van der Waals surface area contributed by atoms with Crippen LogP contribution in [-0.4, -0.2) is 85.6 Å². The molecule has 0 bridgehead atoms. The number of anilines is 3. The minimum atomic E-state index is -1.66. The van der Waals surface area contributed by atoms with Gasteiger partial charge in [-0.05, 0) is 86.3 Å². The number of aromatic nitrogens is 3. The summed E-state index contributed by atoms with van der Waals surface area (Å²) in [6.45, 7) is 8.05. The van der Waals surface area contributed by atoms with E-state index in [0.717, 1.165) is 16.7 Å². The average Bonchev–Trinajstić information content (AvgIpc) is 3.84. The van der Waals surface area contributed by atoms with Gasteiger partial charge in [-0.25, -0.2) is 19.1 Å². The number of ether oxygens (including phenoxy) is 3. The van der Waals surface area contributed by atoms with E-state index in [1.165, 1.54) is 53.6 Å². The van der Waals surface area contributed by atoms with E-state index < -0.39 is 51.9 Å². The molecule has 1 saturated heterocycles. The molecule has 8 rings (SSSR count). The zero-order valence-electron chi connectivity index (χ0n) is 41.3. The number of methoxy groups -OCH3 is 1. The van der Waals surface area contributed by atoms with E-state index in [9.17, 15) is 19.2 Å². The maximum absolute atomic E-state index is 14.8. The van der Waals surface area contributed by atoms with Gasteiger partial charge < -0.3 is 41.1 Å². The van der Waals surface area contributed by atoms with Crippen LogP contribution in [0.3, 0.4) is 0 Å². The van der Waals surface area contributed by atoms with Gasteiger partial charge in [0.15, 0.2) is 10.8 Å². The van der Waals surface area contributed by atoms with Crippen molar-refractivity contribution >= 4 is 81.1 Å². The molecule has 1 fully saturated rings. The number of hydrogen-bond donors (Lipinski definition) is 4. The second-order valence-electron chi connectivity index (χ2n) is 18.5. The van der Waals surface area contributed by atoms with Crippen molar-refractivity contribution in [3.63, 3.8) is 0 Å². The van der Waals surface area contributed by atoms with Gasteiger partial charge in [0.05, 0.1) is 20.2 Å². The number of thioether (sulfide) groups is 2. The van der Waals surface area contributed by atoms with Crippen molar-refractivity contribution in [3.8, 4) is 5.75 Å². The maximum atomic E-state index is 14.8. The third-order valence-corrected chi connectivity index (χ3v) is 15.0. The molecule has 2 unspecified atom stereocenters. The summed E-state index contributed by atoms with van der Waals surface area (Å²) in [6.07, 6.45) is 0. The highest BCUT2D eigenvalue weighted by Gasteiger charge is 2.55. The molecule has 4 heterocycles. The fraction of sp³-hybridized carbons (Fsp3) is 0.283. The van der Waals surface area contributed by atoms with Crippen LogP contribution in [0.5, 0.6) is 5.75 Å². The normalized spacial score (nSPS) is 16.0. The van der Waals surface area contributed by atoms with Gasteiger partial charge in [0, 0.05) is 16.9 Å².